The Morgan fingerprint density at radius 1 is 0.950 bits per heavy atom. The van der Waals surface area contributed by atoms with Gasteiger partial charge in [-0.2, -0.15) is 0 Å². The normalized spacial score (nSPS) is 14.3. The molecule has 7 heteroatoms. The standard InChI is InChI=1S/C33H49N5O2/c1-25(2)16-22-37(23-17-26(3)4)32(39)27-10-15-30-31(24-27)38(21-9-20-36-18-7-6-8-19-36)33(35-30)34-28-11-13-29(40-5)14-12-28/h10-15,24-26H,6-9,16-23H2,1-5H3,(H,34,35). The molecule has 7 nitrogen and oxygen atoms in total. The van der Waals surface area contributed by atoms with Gasteiger partial charge in [0.25, 0.3) is 5.91 Å². The van der Waals surface area contributed by atoms with Gasteiger partial charge in [-0.15, -0.1) is 0 Å². The average Bonchev–Trinajstić information content (AvgIpc) is 3.29. The Morgan fingerprint density at radius 3 is 2.25 bits per heavy atom. The Balaban J connectivity index is 1.61. The summed E-state index contributed by atoms with van der Waals surface area (Å²) in [6.45, 7) is 14.8. The smallest absolute Gasteiger partial charge is 0.253 e. The lowest BCUT2D eigenvalue weighted by atomic mass is 10.1. The number of amides is 1. The molecule has 0 bridgehead atoms. The molecule has 0 spiro atoms. The predicted octanol–water partition coefficient (Wildman–Crippen LogP) is 7.20. The molecule has 1 saturated heterocycles. The molecular formula is C33H49N5O2. The minimum atomic E-state index is 0.119. The van der Waals surface area contributed by atoms with Crippen molar-refractivity contribution in [3.05, 3.63) is 48.0 Å². The number of piperidine rings is 1. The van der Waals surface area contributed by atoms with E-state index in [-0.39, 0.29) is 5.91 Å². The lowest BCUT2D eigenvalue weighted by Crippen LogP contribution is -2.34. The summed E-state index contributed by atoms with van der Waals surface area (Å²) in [7, 11) is 1.68. The van der Waals surface area contributed by atoms with E-state index in [4.69, 9.17) is 9.72 Å². The summed E-state index contributed by atoms with van der Waals surface area (Å²) in [6, 6.07) is 13.9. The van der Waals surface area contributed by atoms with Crippen molar-refractivity contribution < 1.29 is 9.53 Å². The van der Waals surface area contributed by atoms with Crippen molar-refractivity contribution in [2.24, 2.45) is 11.8 Å². The molecule has 1 aromatic heterocycles. The molecule has 0 aliphatic carbocycles. The second kappa shape index (κ2) is 14.5. The van der Waals surface area contributed by atoms with Crippen LogP contribution in [0, 0.1) is 11.8 Å². The number of nitrogens with one attached hydrogen (secondary N) is 1. The largest absolute Gasteiger partial charge is 0.497 e. The molecule has 4 rings (SSSR count). The molecule has 40 heavy (non-hydrogen) atoms. The number of benzene rings is 2. The third kappa shape index (κ3) is 8.23. The molecule has 0 radical (unpaired) electrons. The Morgan fingerprint density at radius 2 is 1.62 bits per heavy atom. The van der Waals surface area contributed by atoms with E-state index in [0.29, 0.717) is 11.8 Å². The maximum atomic E-state index is 13.8. The van der Waals surface area contributed by atoms with Crippen LogP contribution in [0.4, 0.5) is 11.6 Å². The van der Waals surface area contributed by atoms with Gasteiger partial charge in [-0.25, -0.2) is 4.98 Å². The van der Waals surface area contributed by atoms with Crippen LogP contribution in [0.1, 0.15) is 76.6 Å². The number of carbonyl (C=O) groups excluding carboxylic acids is 1. The minimum absolute atomic E-state index is 0.119. The second-order valence-corrected chi connectivity index (χ2v) is 12.1. The zero-order valence-corrected chi connectivity index (χ0v) is 25.3. The van der Waals surface area contributed by atoms with E-state index >= 15 is 0 Å². The molecule has 3 aromatic rings. The van der Waals surface area contributed by atoms with E-state index in [1.165, 1.54) is 32.4 Å². The van der Waals surface area contributed by atoms with Crippen molar-refractivity contribution >= 4 is 28.6 Å². The third-order valence-electron chi connectivity index (χ3n) is 7.89. The number of imidazole rings is 1. The first-order valence-electron chi connectivity index (χ1n) is 15.3. The van der Waals surface area contributed by atoms with Crippen molar-refractivity contribution in [1.82, 2.24) is 19.4 Å². The number of likely N-dealkylation sites (tertiary alicyclic amines) is 1. The summed E-state index contributed by atoms with van der Waals surface area (Å²) >= 11 is 0. The van der Waals surface area contributed by atoms with Crippen LogP contribution in [0.2, 0.25) is 0 Å². The molecule has 2 aromatic carbocycles. The summed E-state index contributed by atoms with van der Waals surface area (Å²) in [5, 5.41) is 3.53. The number of methoxy groups -OCH3 is 1. The molecule has 0 saturated carbocycles. The van der Waals surface area contributed by atoms with Gasteiger partial charge in [0.05, 0.1) is 18.1 Å². The molecule has 1 amide bonds. The molecule has 1 aliphatic heterocycles. The van der Waals surface area contributed by atoms with Gasteiger partial charge < -0.3 is 24.4 Å². The Hall–Kier alpha value is -3.06. The van der Waals surface area contributed by atoms with E-state index in [0.717, 1.165) is 79.4 Å². The molecule has 218 valence electrons. The Kier molecular flexibility index (Phi) is 10.9. The van der Waals surface area contributed by atoms with Crippen molar-refractivity contribution in [2.75, 3.05) is 45.2 Å². The quantitative estimate of drug-likeness (QED) is 0.231. The van der Waals surface area contributed by atoms with Gasteiger partial charge in [0.1, 0.15) is 5.75 Å². The summed E-state index contributed by atoms with van der Waals surface area (Å²) in [5.41, 5.74) is 3.61. The van der Waals surface area contributed by atoms with E-state index in [1.807, 2.05) is 36.4 Å². The summed E-state index contributed by atoms with van der Waals surface area (Å²) in [6.07, 6.45) is 7.01. The van der Waals surface area contributed by atoms with Gasteiger partial charge in [-0.1, -0.05) is 34.1 Å². The Bertz CT molecular complexity index is 1200. The fourth-order valence-corrected chi connectivity index (χ4v) is 5.34. The van der Waals surface area contributed by atoms with Crippen LogP contribution in [0.3, 0.4) is 0 Å². The van der Waals surface area contributed by atoms with Gasteiger partial charge in [-0.05, 0) is 106 Å². The van der Waals surface area contributed by atoms with Gasteiger partial charge in [-0.3, -0.25) is 4.79 Å². The number of nitrogens with zero attached hydrogens (tertiary/aromatic N) is 4. The summed E-state index contributed by atoms with van der Waals surface area (Å²) < 4.78 is 7.58. The monoisotopic (exact) mass is 547 g/mol. The maximum Gasteiger partial charge on any atom is 0.253 e. The number of hydrogen-bond acceptors (Lipinski definition) is 5. The predicted molar refractivity (Wildman–Crippen MR) is 166 cm³/mol. The number of carbonyl (C=O) groups is 1. The van der Waals surface area contributed by atoms with Gasteiger partial charge in [0.2, 0.25) is 5.95 Å². The van der Waals surface area contributed by atoms with Crippen LogP contribution < -0.4 is 10.1 Å². The highest BCUT2D eigenvalue weighted by Gasteiger charge is 2.20. The van der Waals surface area contributed by atoms with Crippen molar-refractivity contribution in [3.63, 3.8) is 0 Å². The molecular weight excluding hydrogens is 498 g/mol. The fraction of sp³-hybridized carbons (Fsp3) is 0.576. The van der Waals surface area contributed by atoms with E-state index in [2.05, 4.69) is 53.4 Å². The van der Waals surface area contributed by atoms with Gasteiger partial charge in [0, 0.05) is 30.9 Å². The zero-order valence-electron chi connectivity index (χ0n) is 25.3. The van der Waals surface area contributed by atoms with Crippen LogP contribution in [0.5, 0.6) is 5.75 Å². The highest BCUT2D eigenvalue weighted by atomic mass is 16.5. The van der Waals surface area contributed by atoms with Crippen LogP contribution in [-0.4, -0.2) is 65.1 Å². The van der Waals surface area contributed by atoms with Crippen LogP contribution in [0.15, 0.2) is 42.5 Å². The average molecular weight is 548 g/mol. The number of ether oxygens (including phenoxy) is 1. The summed E-state index contributed by atoms with van der Waals surface area (Å²) in [4.78, 5) is 23.4. The zero-order chi connectivity index (χ0) is 28.5. The van der Waals surface area contributed by atoms with Crippen LogP contribution >= 0.6 is 0 Å². The third-order valence-corrected chi connectivity index (χ3v) is 7.89. The van der Waals surface area contributed by atoms with Gasteiger partial charge >= 0.3 is 0 Å². The van der Waals surface area contributed by atoms with Crippen LogP contribution in [0.25, 0.3) is 11.0 Å². The first-order chi connectivity index (χ1) is 19.3. The number of fused-ring (bicyclic) bond motifs is 1. The highest BCUT2D eigenvalue weighted by Crippen LogP contribution is 2.26. The minimum Gasteiger partial charge on any atom is -0.497 e. The maximum absolute atomic E-state index is 13.8. The molecule has 1 N–H and O–H groups in total. The number of aryl methyl sites for hydroxylation is 1. The first-order valence-corrected chi connectivity index (χ1v) is 15.3. The fourth-order valence-electron chi connectivity index (χ4n) is 5.34. The second-order valence-electron chi connectivity index (χ2n) is 12.1. The molecule has 0 unspecified atom stereocenters. The molecule has 1 aliphatic rings. The molecule has 1 fully saturated rings. The van der Waals surface area contributed by atoms with Crippen LogP contribution in [-0.2, 0) is 6.54 Å². The number of rotatable bonds is 14. The van der Waals surface area contributed by atoms with Crippen molar-refractivity contribution in [3.8, 4) is 5.75 Å². The number of hydrogen-bond donors (Lipinski definition) is 1. The number of anilines is 2. The topological polar surface area (TPSA) is 62.6 Å². The van der Waals surface area contributed by atoms with Crippen molar-refractivity contribution in [2.45, 2.75) is 72.8 Å². The van der Waals surface area contributed by atoms with E-state index in [1.54, 1.807) is 7.11 Å². The summed E-state index contributed by atoms with van der Waals surface area (Å²) in [5.74, 6) is 2.87. The van der Waals surface area contributed by atoms with Crippen molar-refractivity contribution in [1.29, 1.82) is 0 Å². The Labute approximate surface area is 240 Å². The lowest BCUT2D eigenvalue weighted by Gasteiger charge is -2.26. The SMILES string of the molecule is COc1ccc(Nc2nc3ccc(C(=O)N(CCC(C)C)CCC(C)C)cc3n2CCCN2CCCCC2)cc1. The lowest BCUT2D eigenvalue weighted by molar-refractivity contribution is 0.0741. The van der Waals surface area contributed by atoms with E-state index in [9.17, 15) is 4.79 Å². The first kappa shape index (κ1) is 29.9. The number of aromatic nitrogens is 2. The van der Waals surface area contributed by atoms with E-state index < -0.39 is 0 Å². The molecule has 0 atom stereocenters. The highest BCUT2D eigenvalue weighted by molar-refractivity contribution is 5.98. The molecule has 2 heterocycles. The van der Waals surface area contributed by atoms with Gasteiger partial charge in [0.15, 0.2) is 0 Å².